The van der Waals surface area contributed by atoms with Crippen molar-refractivity contribution >= 4 is 11.8 Å². The number of hydrogen-bond donors (Lipinski definition) is 1. The maximum Gasteiger partial charge on any atom is 0.159 e. The first-order chi connectivity index (χ1) is 10.2. The monoisotopic (exact) mass is 309 g/mol. The Balaban J connectivity index is 1.71. The smallest absolute Gasteiger partial charge is 0.159 e. The van der Waals surface area contributed by atoms with Crippen LogP contribution in [0.2, 0.25) is 0 Å². The van der Waals surface area contributed by atoms with Gasteiger partial charge in [-0.1, -0.05) is 12.1 Å². The highest BCUT2D eigenvalue weighted by Crippen LogP contribution is 2.21. The Morgan fingerprint density at radius 3 is 2.67 bits per heavy atom. The Kier molecular flexibility index (Phi) is 6.02. The molecule has 0 aromatic heterocycles. The number of rotatable bonds is 7. The van der Waals surface area contributed by atoms with Crippen LogP contribution in [0.25, 0.3) is 0 Å². The van der Waals surface area contributed by atoms with Gasteiger partial charge in [-0.3, -0.25) is 0 Å². The number of nitrogens with two attached hydrogens (primary N) is 1. The van der Waals surface area contributed by atoms with Gasteiger partial charge in [0.2, 0.25) is 0 Å². The summed E-state index contributed by atoms with van der Waals surface area (Å²) in [6.07, 6.45) is 0.816. The molecule has 0 saturated carbocycles. The van der Waals surface area contributed by atoms with Crippen LogP contribution in [0, 0.1) is 11.6 Å². The van der Waals surface area contributed by atoms with Gasteiger partial charge in [0.1, 0.15) is 5.75 Å². The molecule has 0 amide bonds. The molecule has 2 aromatic rings. The van der Waals surface area contributed by atoms with Crippen molar-refractivity contribution in [3.63, 3.8) is 0 Å². The summed E-state index contributed by atoms with van der Waals surface area (Å²) in [5.74, 6) is -0.0464. The zero-order chi connectivity index (χ0) is 15.1. The molecule has 0 atom stereocenters. The van der Waals surface area contributed by atoms with E-state index in [1.165, 1.54) is 17.8 Å². The number of hydrogen-bond acceptors (Lipinski definition) is 3. The minimum absolute atomic E-state index is 0.489. The first kappa shape index (κ1) is 15.8. The van der Waals surface area contributed by atoms with Crippen LogP contribution in [-0.4, -0.2) is 12.4 Å². The average molecular weight is 309 g/mol. The van der Waals surface area contributed by atoms with Crippen molar-refractivity contribution in [3.8, 4) is 5.75 Å². The van der Waals surface area contributed by atoms with E-state index in [1.54, 1.807) is 6.07 Å². The summed E-state index contributed by atoms with van der Waals surface area (Å²) in [5, 5.41) is 0. The number of ether oxygens (including phenoxy) is 1. The molecule has 5 heteroatoms. The quantitative estimate of drug-likeness (QED) is 0.620. The maximum absolute atomic E-state index is 13.0. The van der Waals surface area contributed by atoms with Crippen molar-refractivity contribution in [2.75, 3.05) is 12.4 Å². The van der Waals surface area contributed by atoms with Gasteiger partial charge in [0.05, 0.1) is 6.61 Å². The van der Waals surface area contributed by atoms with Crippen LogP contribution in [0.1, 0.15) is 12.0 Å². The molecular weight excluding hydrogens is 292 g/mol. The largest absolute Gasteiger partial charge is 0.494 e. The zero-order valence-corrected chi connectivity index (χ0v) is 12.3. The van der Waals surface area contributed by atoms with E-state index < -0.39 is 11.6 Å². The highest BCUT2D eigenvalue weighted by atomic mass is 32.2. The van der Waals surface area contributed by atoms with Crippen molar-refractivity contribution in [1.82, 2.24) is 0 Å². The first-order valence-corrected chi connectivity index (χ1v) is 7.67. The van der Waals surface area contributed by atoms with Crippen LogP contribution in [0.3, 0.4) is 0 Å². The molecule has 0 bridgehead atoms. The van der Waals surface area contributed by atoms with Crippen LogP contribution in [-0.2, 0) is 6.54 Å². The highest BCUT2D eigenvalue weighted by Gasteiger charge is 2.03. The standard InChI is InChI=1S/C16H17F2NOS/c17-15-6-5-14(10-16(15)18)21-8-2-7-20-13-4-1-3-12(9-13)11-19/h1,3-6,9-10H,2,7-8,11,19H2. The summed E-state index contributed by atoms with van der Waals surface area (Å²) in [5.41, 5.74) is 6.60. The van der Waals surface area contributed by atoms with Crippen molar-refractivity contribution in [2.24, 2.45) is 5.73 Å². The molecule has 21 heavy (non-hydrogen) atoms. The molecule has 2 rings (SSSR count). The van der Waals surface area contributed by atoms with E-state index in [9.17, 15) is 8.78 Å². The van der Waals surface area contributed by atoms with Gasteiger partial charge in [0.25, 0.3) is 0 Å². The van der Waals surface area contributed by atoms with Crippen LogP contribution >= 0.6 is 11.8 Å². The molecule has 2 N–H and O–H groups in total. The normalized spacial score (nSPS) is 10.6. The second-order valence-electron chi connectivity index (χ2n) is 4.48. The van der Waals surface area contributed by atoms with Gasteiger partial charge in [-0.15, -0.1) is 11.8 Å². The summed E-state index contributed by atoms with van der Waals surface area (Å²) in [6.45, 7) is 1.06. The number of halogens is 2. The Labute approximate surface area is 127 Å². The lowest BCUT2D eigenvalue weighted by atomic mass is 10.2. The molecule has 0 heterocycles. The predicted molar refractivity (Wildman–Crippen MR) is 81.5 cm³/mol. The fraction of sp³-hybridized carbons (Fsp3) is 0.250. The van der Waals surface area contributed by atoms with Crippen LogP contribution < -0.4 is 10.5 Å². The van der Waals surface area contributed by atoms with Gasteiger partial charge in [-0.25, -0.2) is 8.78 Å². The third-order valence-electron chi connectivity index (χ3n) is 2.85. The van der Waals surface area contributed by atoms with E-state index in [0.29, 0.717) is 13.2 Å². The summed E-state index contributed by atoms with van der Waals surface area (Å²) >= 11 is 1.48. The molecule has 0 fully saturated rings. The molecule has 0 radical (unpaired) electrons. The fourth-order valence-corrected chi connectivity index (χ4v) is 2.62. The summed E-state index contributed by atoms with van der Waals surface area (Å²) in [6, 6.07) is 11.6. The summed E-state index contributed by atoms with van der Waals surface area (Å²) in [4.78, 5) is 0.721. The SMILES string of the molecule is NCc1cccc(OCCCSc2ccc(F)c(F)c2)c1. The van der Waals surface area contributed by atoms with Gasteiger partial charge >= 0.3 is 0 Å². The van der Waals surface area contributed by atoms with E-state index in [0.717, 1.165) is 34.4 Å². The van der Waals surface area contributed by atoms with E-state index in [2.05, 4.69) is 0 Å². The Morgan fingerprint density at radius 1 is 1.05 bits per heavy atom. The molecule has 0 aliphatic carbocycles. The van der Waals surface area contributed by atoms with E-state index in [4.69, 9.17) is 10.5 Å². The minimum atomic E-state index is -0.817. The maximum atomic E-state index is 13.0. The third-order valence-corrected chi connectivity index (χ3v) is 3.93. The lowest BCUT2D eigenvalue weighted by Crippen LogP contribution is -2.01. The third kappa shape index (κ3) is 5.02. The zero-order valence-electron chi connectivity index (χ0n) is 11.5. The van der Waals surface area contributed by atoms with Crippen molar-refractivity contribution in [1.29, 1.82) is 0 Å². The lowest BCUT2D eigenvalue weighted by molar-refractivity contribution is 0.318. The second-order valence-corrected chi connectivity index (χ2v) is 5.65. The molecule has 0 unspecified atom stereocenters. The Hall–Kier alpha value is -1.59. The molecule has 0 saturated heterocycles. The minimum Gasteiger partial charge on any atom is -0.494 e. The van der Waals surface area contributed by atoms with E-state index in [-0.39, 0.29) is 0 Å². The molecule has 0 aliphatic heterocycles. The molecule has 2 nitrogen and oxygen atoms in total. The summed E-state index contributed by atoms with van der Waals surface area (Å²) < 4.78 is 31.4. The fourth-order valence-electron chi connectivity index (χ4n) is 1.77. The molecule has 2 aromatic carbocycles. The van der Waals surface area contributed by atoms with Crippen molar-refractivity contribution in [3.05, 3.63) is 59.7 Å². The molecule has 0 spiro atoms. The first-order valence-electron chi connectivity index (χ1n) is 6.68. The second kappa shape index (κ2) is 8.00. The molecule has 0 aliphatic rings. The van der Waals surface area contributed by atoms with Crippen LogP contribution in [0.5, 0.6) is 5.75 Å². The van der Waals surface area contributed by atoms with Crippen LogP contribution in [0.15, 0.2) is 47.4 Å². The number of benzene rings is 2. The Morgan fingerprint density at radius 2 is 1.90 bits per heavy atom. The van der Waals surface area contributed by atoms with Gasteiger partial charge in [0, 0.05) is 17.2 Å². The molecular formula is C16H17F2NOS. The predicted octanol–water partition coefficient (Wildman–Crippen LogP) is 3.98. The van der Waals surface area contributed by atoms with Gasteiger partial charge in [-0.05, 0) is 42.3 Å². The van der Waals surface area contributed by atoms with Crippen molar-refractivity contribution in [2.45, 2.75) is 17.9 Å². The van der Waals surface area contributed by atoms with Crippen LogP contribution in [0.4, 0.5) is 8.78 Å². The van der Waals surface area contributed by atoms with E-state index >= 15 is 0 Å². The summed E-state index contributed by atoms with van der Waals surface area (Å²) in [7, 11) is 0. The van der Waals surface area contributed by atoms with Crippen molar-refractivity contribution < 1.29 is 13.5 Å². The topological polar surface area (TPSA) is 35.2 Å². The van der Waals surface area contributed by atoms with Gasteiger partial charge in [0.15, 0.2) is 11.6 Å². The van der Waals surface area contributed by atoms with Gasteiger partial charge < -0.3 is 10.5 Å². The molecule has 112 valence electrons. The average Bonchev–Trinajstić information content (AvgIpc) is 2.50. The van der Waals surface area contributed by atoms with Gasteiger partial charge in [-0.2, -0.15) is 0 Å². The Bertz CT molecular complexity index is 592. The highest BCUT2D eigenvalue weighted by molar-refractivity contribution is 7.99. The van der Waals surface area contributed by atoms with E-state index in [1.807, 2.05) is 24.3 Å². The lowest BCUT2D eigenvalue weighted by Gasteiger charge is -2.07. The number of thioether (sulfide) groups is 1.